The molecule has 2 bridgehead atoms. The van der Waals surface area contributed by atoms with Crippen LogP contribution in [0, 0.1) is 5.92 Å². The van der Waals surface area contributed by atoms with Crippen molar-refractivity contribution in [1.29, 1.82) is 0 Å². The molecule has 72 valence electrons. The summed E-state index contributed by atoms with van der Waals surface area (Å²) in [6, 6.07) is 0.185. The number of hydrogen-bond acceptors (Lipinski definition) is 3. The van der Waals surface area contributed by atoms with Crippen molar-refractivity contribution in [3.63, 3.8) is 0 Å². The molecular formula is C9H13NO3. The first-order valence-electron chi connectivity index (χ1n) is 4.73. The first kappa shape index (κ1) is 7.76. The SMILES string of the molecule is CC1(C)O[C@@H]2[C@H](O1)[C@H]1C[C@H]2NC1=O. The molecule has 3 fully saturated rings. The molecule has 1 saturated carbocycles. The molecule has 0 unspecified atom stereocenters. The van der Waals surface area contributed by atoms with Gasteiger partial charge >= 0.3 is 0 Å². The molecule has 2 heterocycles. The van der Waals surface area contributed by atoms with E-state index in [4.69, 9.17) is 9.47 Å². The highest BCUT2D eigenvalue weighted by molar-refractivity contribution is 5.83. The van der Waals surface area contributed by atoms with Gasteiger partial charge in [0.1, 0.15) is 12.2 Å². The first-order valence-corrected chi connectivity index (χ1v) is 4.73. The van der Waals surface area contributed by atoms with Crippen LogP contribution in [-0.2, 0) is 14.3 Å². The average Bonchev–Trinajstić information content (AvgIpc) is 2.56. The quantitative estimate of drug-likeness (QED) is 0.576. The van der Waals surface area contributed by atoms with E-state index in [1.54, 1.807) is 0 Å². The highest BCUT2D eigenvalue weighted by atomic mass is 16.8. The molecule has 3 aliphatic rings. The molecule has 1 aliphatic carbocycles. The largest absolute Gasteiger partial charge is 0.350 e. The van der Waals surface area contributed by atoms with Crippen LogP contribution in [0.2, 0.25) is 0 Å². The van der Waals surface area contributed by atoms with Crippen LogP contribution >= 0.6 is 0 Å². The Hall–Kier alpha value is -0.610. The number of nitrogens with one attached hydrogen (secondary N) is 1. The molecule has 0 aromatic rings. The third-order valence-electron chi connectivity index (χ3n) is 3.13. The van der Waals surface area contributed by atoms with Crippen molar-refractivity contribution in [2.75, 3.05) is 0 Å². The second kappa shape index (κ2) is 2.07. The lowest BCUT2D eigenvalue weighted by Crippen LogP contribution is -2.47. The van der Waals surface area contributed by atoms with Gasteiger partial charge in [-0.2, -0.15) is 0 Å². The zero-order valence-electron chi connectivity index (χ0n) is 7.74. The predicted octanol–water partition coefficient (Wildman–Crippen LogP) is 0.0248. The lowest BCUT2D eigenvalue weighted by Gasteiger charge is -2.21. The van der Waals surface area contributed by atoms with Crippen LogP contribution in [0.25, 0.3) is 0 Å². The van der Waals surface area contributed by atoms with Gasteiger partial charge in [0.25, 0.3) is 0 Å². The van der Waals surface area contributed by atoms with Crippen molar-refractivity contribution >= 4 is 5.91 Å². The van der Waals surface area contributed by atoms with Gasteiger partial charge < -0.3 is 14.8 Å². The standard InChI is InChI=1S/C9H13NO3/c1-9(2)12-6-4-3-5(7(6)13-9)10-8(4)11/h4-7H,3H2,1-2H3,(H,10,11)/t4-,5-,6-,7+/m1/s1. The monoisotopic (exact) mass is 183 g/mol. The number of piperidine rings is 1. The number of amides is 1. The molecule has 4 nitrogen and oxygen atoms in total. The van der Waals surface area contributed by atoms with Crippen molar-refractivity contribution in [2.45, 2.75) is 44.3 Å². The lowest BCUT2D eigenvalue weighted by atomic mass is 10.0. The Labute approximate surface area is 76.6 Å². The second-order valence-electron chi connectivity index (χ2n) is 4.52. The molecular weight excluding hydrogens is 170 g/mol. The van der Waals surface area contributed by atoms with Crippen molar-refractivity contribution < 1.29 is 14.3 Å². The summed E-state index contributed by atoms with van der Waals surface area (Å²) >= 11 is 0. The zero-order valence-corrected chi connectivity index (χ0v) is 7.74. The highest BCUT2D eigenvalue weighted by Crippen LogP contribution is 2.44. The Balaban J connectivity index is 1.91. The van der Waals surface area contributed by atoms with Crippen molar-refractivity contribution in [1.82, 2.24) is 5.32 Å². The molecule has 1 N–H and O–H groups in total. The minimum absolute atomic E-state index is 0.00579. The fourth-order valence-corrected chi connectivity index (χ4v) is 2.67. The molecule has 0 spiro atoms. The van der Waals surface area contributed by atoms with Crippen molar-refractivity contribution in [3.05, 3.63) is 0 Å². The summed E-state index contributed by atoms with van der Waals surface area (Å²) in [5.41, 5.74) is 0. The van der Waals surface area contributed by atoms with Crippen LogP contribution in [0.1, 0.15) is 20.3 Å². The summed E-state index contributed by atoms with van der Waals surface area (Å²) in [5.74, 6) is -0.359. The second-order valence-corrected chi connectivity index (χ2v) is 4.52. The third kappa shape index (κ3) is 0.901. The average molecular weight is 183 g/mol. The summed E-state index contributed by atoms with van der Waals surface area (Å²) in [6.07, 6.45) is 0.955. The Morgan fingerprint density at radius 3 is 2.85 bits per heavy atom. The van der Waals surface area contributed by atoms with Crippen LogP contribution < -0.4 is 5.32 Å². The Morgan fingerprint density at radius 1 is 1.38 bits per heavy atom. The lowest BCUT2D eigenvalue weighted by molar-refractivity contribution is -0.155. The van der Waals surface area contributed by atoms with Crippen LogP contribution in [0.15, 0.2) is 0 Å². The molecule has 3 rings (SSSR count). The van der Waals surface area contributed by atoms with Crippen LogP contribution in [0.4, 0.5) is 0 Å². The summed E-state index contributed by atoms with van der Waals surface area (Å²) in [7, 11) is 0. The summed E-state index contributed by atoms with van der Waals surface area (Å²) in [4.78, 5) is 11.3. The van der Waals surface area contributed by atoms with Gasteiger partial charge in [0.05, 0.1) is 12.0 Å². The Morgan fingerprint density at radius 2 is 2.08 bits per heavy atom. The number of rotatable bonds is 0. The molecule has 13 heavy (non-hydrogen) atoms. The molecule has 4 heteroatoms. The topological polar surface area (TPSA) is 47.6 Å². The van der Waals surface area contributed by atoms with E-state index in [0.29, 0.717) is 0 Å². The van der Waals surface area contributed by atoms with E-state index < -0.39 is 5.79 Å². The zero-order chi connectivity index (χ0) is 9.22. The van der Waals surface area contributed by atoms with Gasteiger partial charge in [0, 0.05) is 0 Å². The molecule has 1 amide bonds. The van der Waals surface area contributed by atoms with Gasteiger partial charge in [-0.1, -0.05) is 0 Å². The number of fused-ring (bicyclic) bond motifs is 5. The fraction of sp³-hybridized carbons (Fsp3) is 0.889. The van der Waals surface area contributed by atoms with E-state index in [2.05, 4.69) is 5.32 Å². The summed E-state index contributed by atoms with van der Waals surface area (Å²) in [6.45, 7) is 3.80. The van der Waals surface area contributed by atoms with E-state index >= 15 is 0 Å². The Bertz CT molecular complexity index is 276. The summed E-state index contributed by atoms with van der Waals surface area (Å²) < 4.78 is 11.4. The normalized spacial score (nSPS) is 50.8. The third-order valence-corrected chi connectivity index (χ3v) is 3.13. The van der Waals surface area contributed by atoms with Crippen molar-refractivity contribution in [2.24, 2.45) is 5.92 Å². The molecule has 0 aromatic carbocycles. The molecule has 4 atom stereocenters. The molecule has 2 saturated heterocycles. The number of hydrogen-bond donors (Lipinski definition) is 1. The summed E-state index contributed by atoms with van der Waals surface area (Å²) in [5, 5.41) is 2.92. The van der Waals surface area contributed by atoms with Gasteiger partial charge in [0.2, 0.25) is 5.91 Å². The van der Waals surface area contributed by atoms with Crippen LogP contribution in [0.3, 0.4) is 0 Å². The van der Waals surface area contributed by atoms with Gasteiger partial charge in [-0.05, 0) is 20.3 Å². The number of carbonyl (C=O) groups excluding carboxylic acids is 1. The molecule has 0 radical (unpaired) electrons. The van der Waals surface area contributed by atoms with Gasteiger partial charge in [-0.25, -0.2) is 0 Å². The number of carbonyl (C=O) groups is 1. The Kier molecular flexibility index (Phi) is 1.23. The smallest absolute Gasteiger partial charge is 0.226 e. The number of ether oxygens (including phenoxy) is 2. The van der Waals surface area contributed by atoms with Crippen LogP contribution in [0.5, 0.6) is 0 Å². The van der Waals surface area contributed by atoms with E-state index in [9.17, 15) is 4.79 Å². The minimum atomic E-state index is -0.515. The van der Waals surface area contributed by atoms with Gasteiger partial charge in [0.15, 0.2) is 5.79 Å². The van der Waals surface area contributed by atoms with E-state index in [1.165, 1.54) is 0 Å². The van der Waals surface area contributed by atoms with Crippen LogP contribution in [-0.4, -0.2) is 29.9 Å². The van der Waals surface area contributed by atoms with E-state index in [1.807, 2.05) is 13.8 Å². The minimum Gasteiger partial charge on any atom is -0.350 e. The maximum absolute atomic E-state index is 11.3. The first-order chi connectivity index (χ1) is 6.07. The van der Waals surface area contributed by atoms with E-state index in [-0.39, 0.29) is 30.1 Å². The molecule has 2 aliphatic heterocycles. The van der Waals surface area contributed by atoms with E-state index in [0.717, 1.165) is 6.42 Å². The maximum Gasteiger partial charge on any atom is 0.226 e. The molecule has 0 aromatic heterocycles. The predicted molar refractivity (Wildman–Crippen MR) is 43.9 cm³/mol. The van der Waals surface area contributed by atoms with Gasteiger partial charge in [-0.15, -0.1) is 0 Å². The fourth-order valence-electron chi connectivity index (χ4n) is 2.67. The maximum atomic E-state index is 11.3. The van der Waals surface area contributed by atoms with Gasteiger partial charge in [-0.3, -0.25) is 4.79 Å². The highest BCUT2D eigenvalue weighted by Gasteiger charge is 2.60. The van der Waals surface area contributed by atoms with Crippen molar-refractivity contribution in [3.8, 4) is 0 Å².